The summed E-state index contributed by atoms with van der Waals surface area (Å²) in [6, 6.07) is 13.7. The van der Waals surface area contributed by atoms with E-state index >= 15 is 0 Å². The van der Waals surface area contributed by atoms with Gasteiger partial charge in [-0.3, -0.25) is 29.6 Å². The lowest BCUT2D eigenvalue weighted by molar-refractivity contribution is -0.139. The van der Waals surface area contributed by atoms with Crippen LogP contribution < -0.4 is 16.1 Å². The van der Waals surface area contributed by atoms with E-state index in [9.17, 15) is 23.6 Å². The molecule has 184 valence electrons. The van der Waals surface area contributed by atoms with Crippen molar-refractivity contribution in [3.05, 3.63) is 66.0 Å². The fourth-order valence-electron chi connectivity index (χ4n) is 4.11. The van der Waals surface area contributed by atoms with E-state index in [0.29, 0.717) is 37.4 Å². The number of urea groups is 1. The third-order valence-corrected chi connectivity index (χ3v) is 6.11. The Morgan fingerprint density at radius 3 is 2.09 bits per heavy atom. The highest BCUT2D eigenvalue weighted by atomic mass is 19.1. The highest BCUT2D eigenvalue weighted by Gasteiger charge is 2.50. The summed E-state index contributed by atoms with van der Waals surface area (Å²) in [4.78, 5) is 53.9. The molecule has 11 heteroatoms. The first-order valence-electron chi connectivity index (χ1n) is 11.3. The summed E-state index contributed by atoms with van der Waals surface area (Å²) in [6.45, 7) is 4.00. The first kappa shape index (κ1) is 24.3. The molecule has 0 saturated carbocycles. The topological polar surface area (TPSA) is 114 Å². The number of nitrogens with zero attached hydrogens (tertiary/aromatic N) is 3. The Kier molecular flexibility index (Phi) is 7.08. The van der Waals surface area contributed by atoms with Gasteiger partial charge in [-0.1, -0.05) is 30.3 Å². The predicted octanol–water partition coefficient (Wildman–Crippen LogP) is 0.880. The molecular formula is C24H27FN6O4. The van der Waals surface area contributed by atoms with Crippen LogP contribution in [0.5, 0.6) is 0 Å². The van der Waals surface area contributed by atoms with Crippen molar-refractivity contribution < 1.29 is 23.6 Å². The van der Waals surface area contributed by atoms with Crippen LogP contribution in [0.2, 0.25) is 0 Å². The van der Waals surface area contributed by atoms with Gasteiger partial charge in [-0.15, -0.1) is 0 Å². The van der Waals surface area contributed by atoms with Crippen LogP contribution in [0.3, 0.4) is 0 Å². The maximum atomic E-state index is 13.0. The normalized spacial score (nSPS) is 21.0. The van der Waals surface area contributed by atoms with Crippen molar-refractivity contribution in [2.24, 2.45) is 0 Å². The fraction of sp³-hybridized carbons (Fsp3) is 0.333. The molecular weight excluding hydrogens is 455 g/mol. The largest absolute Gasteiger partial charge is 0.344 e. The summed E-state index contributed by atoms with van der Waals surface area (Å²) in [6.07, 6.45) is 0. The number of anilines is 1. The molecule has 10 nitrogen and oxygen atoms in total. The van der Waals surface area contributed by atoms with Gasteiger partial charge in [-0.2, -0.15) is 5.01 Å². The highest BCUT2D eigenvalue weighted by Crippen LogP contribution is 2.27. The van der Waals surface area contributed by atoms with E-state index in [-0.39, 0.29) is 24.8 Å². The number of hydrogen-bond donors (Lipinski definition) is 3. The van der Waals surface area contributed by atoms with Gasteiger partial charge < -0.3 is 10.6 Å². The second kappa shape index (κ2) is 10.2. The number of amides is 5. The lowest BCUT2D eigenvalue weighted by atomic mass is 9.92. The number of hydrogen-bond acceptors (Lipinski definition) is 6. The molecule has 2 aromatic rings. The third-order valence-electron chi connectivity index (χ3n) is 6.11. The zero-order valence-electron chi connectivity index (χ0n) is 19.3. The molecule has 4 rings (SSSR count). The molecule has 2 saturated heterocycles. The lowest BCUT2D eigenvalue weighted by Crippen LogP contribution is -2.54. The summed E-state index contributed by atoms with van der Waals surface area (Å²) in [5, 5.41) is 6.10. The minimum Gasteiger partial charge on any atom is -0.325 e. The molecule has 2 aliphatic rings. The van der Waals surface area contributed by atoms with Crippen LogP contribution in [0, 0.1) is 5.82 Å². The van der Waals surface area contributed by atoms with Crippen LogP contribution in [0.15, 0.2) is 54.6 Å². The van der Waals surface area contributed by atoms with Crippen LogP contribution in [0.4, 0.5) is 14.9 Å². The number of piperazine rings is 1. The van der Waals surface area contributed by atoms with E-state index in [1.165, 1.54) is 24.3 Å². The smallest absolute Gasteiger partial charge is 0.325 e. The van der Waals surface area contributed by atoms with E-state index in [4.69, 9.17) is 0 Å². The number of hydrazine groups is 1. The summed E-state index contributed by atoms with van der Waals surface area (Å²) in [5.41, 5.74) is 2.30. The average Bonchev–Trinajstić information content (AvgIpc) is 3.06. The molecule has 2 aromatic carbocycles. The molecule has 3 N–H and O–H groups in total. The first-order chi connectivity index (χ1) is 16.7. The van der Waals surface area contributed by atoms with Gasteiger partial charge in [-0.05, 0) is 36.8 Å². The minimum atomic E-state index is -1.26. The van der Waals surface area contributed by atoms with Crippen molar-refractivity contribution in [3.8, 4) is 0 Å². The quantitative estimate of drug-likeness (QED) is 0.505. The standard InChI is InChI=1S/C24H27FN6O4/c1-24(17-5-3-2-4-6-17)22(34)31(23(35)27-24)28-21(33)16-30-13-11-29(12-14-30)15-20(32)26-19-9-7-18(25)8-10-19/h2-10H,11-16H2,1H3,(H,26,32)(H,27,35)(H,28,33)/t24-/m1/s1. The maximum Gasteiger partial charge on any atom is 0.344 e. The maximum absolute atomic E-state index is 13.0. The lowest BCUT2D eigenvalue weighted by Gasteiger charge is -2.34. The second-order valence-corrected chi connectivity index (χ2v) is 8.70. The SMILES string of the molecule is C[C@]1(c2ccccc2)NC(=O)N(NC(=O)CN2CCN(CC(=O)Nc3ccc(F)cc3)CC2)C1=O. The van der Waals surface area contributed by atoms with E-state index in [0.717, 1.165) is 5.01 Å². The molecule has 5 amide bonds. The van der Waals surface area contributed by atoms with E-state index in [1.807, 2.05) is 15.9 Å². The zero-order valence-corrected chi connectivity index (χ0v) is 19.3. The monoisotopic (exact) mass is 482 g/mol. The Morgan fingerprint density at radius 2 is 1.49 bits per heavy atom. The summed E-state index contributed by atoms with van der Waals surface area (Å²) in [5.74, 6) is -1.61. The Bertz CT molecular complexity index is 1100. The number of nitrogens with one attached hydrogen (secondary N) is 3. The van der Waals surface area contributed by atoms with Crippen molar-refractivity contribution in [2.45, 2.75) is 12.5 Å². The van der Waals surface area contributed by atoms with E-state index in [2.05, 4.69) is 16.1 Å². The summed E-state index contributed by atoms with van der Waals surface area (Å²) in [7, 11) is 0. The Labute approximate surface area is 202 Å². The number of carbonyl (C=O) groups excluding carboxylic acids is 4. The Morgan fingerprint density at radius 1 is 0.914 bits per heavy atom. The van der Waals surface area contributed by atoms with Crippen molar-refractivity contribution >= 4 is 29.4 Å². The minimum absolute atomic E-state index is 0.00866. The Hall–Kier alpha value is -3.83. The molecule has 1 atom stereocenters. The first-order valence-corrected chi connectivity index (χ1v) is 11.3. The molecule has 0 spiro atoms. The van der Waals surface area contributed by atoms with Crippen LogP contribution in [-0.2, 0) is 19.9 Å². The van der Waals surface area contributed by atoms with Gasteiger partial charge in [-0.25, -0.2) is 9.18 Å². The molecule has 35 heavy (non-hydrogen) atoms. The molecule has 0 bridgehead atoms. The van der Waals surface area contributed by atoms with Gasteiger partial charge in [0.25, 0.3) is 11.8 Å². The fourth-order valence-corrected chi connectivity index (χ4v) is 4.11. The van der Waals surface area contributed by atoms with Crippen molar-refractivity contribution in [1.82, 2.24) is 25.6 Å². The molecule has 2 fully saturated rings. The molecule has 2 heterocycles. The number of benzene rings is 2. The van der Waals surface area contributed by atoms with Crippen molar-refractivity contribution in [2.75, 3.05) is 44.6 Å². The van der Waals surface area contributed by atoms with Crippen LogP contribution >= 0.6 is 0 Å². The van der Waals surface area contributed by atoms with E-state index in [1.54, 1.807) is 31.2 Å². The molecule has 0 aliphatic carbocycles. The zero-order chi connectivity index (χ0) is 25.0. The second-order valence-electron chi connectivity index (χ2n) is 8.70. The van der Waals surface area contributed by atoms with Crippen LogP contribution in [-0.4, -0.2) is 77.8 Å². The molecule has 0 aromatic heterocycles. The average molecular weight is 483 g/mol. The number of imide groups is 1. The van der Waals surface area contributed by atoms with Gasteiger partial charge in [0, 0.05) is 31.9 Å². The molecule has 2 aliphatic heterocycles. The Balaban J connectivity index is 1.23. The number of carbonyl (C=O) groups is 4. The summed E-state index contributed by atoms with van der Waals surface area (Å²) < 4.78 is 13.0. The van der Waals surface area contributed by atoms with E-state index < -0.39 is 23.4 Å². The highest BCUT2D eigenvalue weighted by molar-refractivity contribution is 6.08. The third kappa shape index (κ3) is 5.64. The summed E-state index contributed by atoms with van der Waals surface area (Å²) >= 11 is 0. The van der Waals surface area contributed by atoms with Crippen molar-refractivity contribution in [3.63, 3.8) is 0 Å². The van der Waals surface area contributed by atoms with Gasteiger partial charge in [0.1, 0.15) is 11.4 Å². The molecule has 0 radical (unpaired) electrons. The van der Waals surface area contributed by atoms with Crippen molar-refractivity contribution in [1.29, 1.82) is 0 Å². The van der Waals surface area contributed by atoms with Crippen LogP contribution in [0.1, 0.15) is 12.5 Å². The van der Waals surface area contributed by atoms with Gasteiger partial charge >= 0.3 is 6.03 Å². The molecule has 0 unspecified atom stereocenters. The van der Waals surface area contributed by atoms with Gasteiger partial charge in [0.2, 0.25) is 5.91 Å². The number of halogens is 1. The number of rotatable bonds is 7. The predicted molar refractivity (Wildman–Crippen MR) is 125 cm³/mol. The van der Waals surface area contributed by atoms with Gasteiger partial charge in [0.05, 0.1) is 13.1 Å². The van der Waals surface area contributed by atoms with Gasteiger partial charge in [0.15, 0.2) is 0 Å². The van der Waals surface area contributed by atoms with Crippen LogP contribution in [0.25, 0.3) is 0 Å².